The summed E-state index contributed by atoms with van der Waals surface area (Å²) in [6, 6.07) is 0. The molecule has 0 aliphatic rings. The van der Waals surface area contributed by atoms with Crippen molar-refractivity contribution >= 4 is 0 Å². The predicted molar refractivity (Wildman–Crippen MR) is 25.7 cm³/mol. The van der Waals surface area contributed by atoms with E-state index in [-0.39, 0.29) is 64.4 Å². The molecule has 0 unspecified atom stereocenters. The van der Waals surface area contributed by atoms with Crippen molar-refractivity contribution in [2.75, 3.05) is 0 Å². The molecule has 0 atom stereocenters. The van der Waals surface area contributed by atoms with Gasteiger partial charge in [0.25, 0.3) is 0 Å². The standard InChI is InChI=1S/4CH3.2Cr/h4*1H3;;/q4*-1;;+3. The van der Waals surface area contributed by atoms with Crippen LogP contribution in [0.15, 0.2) is 0 Å². The first-order valence-electron chi connectivity index (χ1n) is 0. The van der Waals surface area contributed by atoms with E-state index < -0.39 is 0 Å². The summed E-state index contributed by atoms with van der Waals surface area (Å²) in [5, 5.41) is 0. The smallest absolute Gasteiger partial charge is 0.358 e. The molecular formula is C4H12Cr2-. The van der Waals surface area contributed by atoms with E-state index in [1.165, 1.54) is 0 Å². The van der Waals surface area contributed by atoms with E-state index >= 15 is 0 Å². The maximum absolute atomic E-state index is 0. The molecule has 0 aromatic rings. The quantitative estimate of drug-likeness (QED) is 0.479. The Kier molecular flexibility index (Phi) is 5240. The summed E-state index contributed by atoms with van der Waals surface area (Å²) in [7, 11) is 0. The normalized spacial score (nSPS) is 0. The minimum absolute atomic E-state index is 0. The Morgan fingerprint density at radius 1 is 0.500 bits per heavy atom. The Labute approximate surface area is 64.6 Å². The maximum atomic E-state index is 0. The van der Waals surface area contributed by atoms with Crippen molar-refractivity contribution in [3.8, 4) is 0 Å². The summed E-state index contributed by atoms with van der Waals surface area (Å²) in [6.07, 6.45) is 0. The molecule has 0 heterocycles. The van der Waals surface area contributed by atoms with Gasteiger partial charge in [-0.25, -0.2) is 0 Å². The van der Waals surface area contributed by atoms with Gasteiger partial charge >= 0.3 is 17.4 Å². The van der Waals surface area contributed by atoms with Crippen LogP contribution < -0.4 is 0 Å². The SMILES string of the molecule is [CH3-].[CH3-].[CH3-].[CH3-].[Cr+3].[Cr]. The third-order valence-corrected chi connectivity index (χ3v) is 0. The third-order valence-electron chi connectivity index (χ3n) is 0. The van der Waals surface area contributed by atoms with Crippen LogP contribution in [0.25, 0.3) is 0 Å². The summed E-state index contributed by atoms with van der Waals surface area (Å²) in [6.45, 7) is 0. The Balaban J connectivity index is 0. The second-order valence-electron chi connectivity index (χ2n) is 0. The summed E-state index contributed by atoms with van der Waals surface area (Å²) >= 11 is 0. The van der Waals surface area contributed by atoms with Crippen molar-refractivity contribution in [2.45, 2.75) is 0 Å². The molecule has 0 bridgehead atoms. The molecule has 0 rings (SSSR count). The summed E-state index contributed by atoms with van der Waals surface area (Å²) in [5.74, 6) is 0. The molecule has 6 heavy (non-hydrogen) atoms. The van der Waals surface area contributed by atoms with Crippen molar-refractivity contribution < 1.29 is 34.7 Å². The zero-order valence-electron chi connectivity index (χ0n) is 4.82. The molecule has 1 radical (unpaired) electrons. The van der Waals surface area contributed by atoms with Gasteiger partial charge in [0, 0.05) is 17.4 Å². The summed E-state index contributed by atoms with van der Waals surface area (Å²) in [5.41, 5.74) is 0. The van der Waals surface area contributed by atoms with Gasteiger partial charge in [-0.05, 0) is 0 Å². The largest absolute Gasteiger partial charge is 3.00 e. The summed E-state index contributed by atoms with van der Waals surface area (Å²) in [4.78, 5) is 0. The van der Waals surface area contributed by atoms with Crippen LogP contribution in [0.1, 0.15) is 0 Å². The molecule has 0 saturated heterocycles. The minimum Gasteiger partial charge on any atom is -0.358 e. The van der Waals surface area contributed by atoms with E-state index in [0.717, 1.165) is 0 Å². The van der Waals surface area contributed by atoms with Crippen LogP contribution in [-0.4, -0.2) is 0 Å². The fourth-order valence-electron chi connectivity index (χ4n) is 0. The van der Waals surface area contributed by atoms with Gasteiger partial charge in [0.1, 0.15) is 0 Å². The van der Waals surface area contributed by atoms with Gasteiger partial charge in [-0.1, -0.05) is 0 Å². The molecule has 0 aromatic heterocycles. The predicted octanol–water partition coefficient (Wildman–Crippen LogP) is 1.80. The fourth-order valence-corrected chi connectivity index (χ4v) is 0. The van der Waals surface area contributed by atoms with Gasteiger partial charge in [0.15, 0.2) is 0 Å². The molecule has 2 heteroatoms. The van der Waals surface area contributed by atoms with E-state index in [1.54, 1.807) is 0 Å². The topological polar surface area (TPSA) is 0 Å². The van der Waals surface area contributed by atoms with Crippen molar-refractivity contribution in [1.29, 1.82) is 0 Å². The van der Waals surface area contributed by atoms with Crippen LogP contribution in [0.2, 0.25) is 0 Å². The Morgan fingerprint density at radius 2 is 0.500 bits per heavy atom. The first-order chi connectivity index (χ1) is 0. The molecule has 0 fully saturated rings. The maximum Gasteiger partial charge on any atom is 3.00 e. The average Bonchev–Trinajstić information content (AvgIpc) is 0. The Hall–Kier alpha value is 1.06. The van der Waals surface area contributed by atoms with Crippen LogP contribution in [0, 0.1) is 29.7 Å². The van der Waals surface area contributed by atoms with Gasteiger partial charge in [0.2, 0.25) is 0 Å². The van der Waals surface area contributed by atoms with E-state index in [2.05, 4.69) is 0 Å². The zero-order valence-corrected chi connectivity index (χ0v) is 7.37. The van der Waals surface area contributed by atoms with Gasteiger partial charge in [-0.3, -0.25) is 0 Å². The van der Waals surface area contributed by atoms with E-state index in [1.807, 2.05) is 0 Å². The molecule has 0 N–H and O–H groups in total. The molecule has 41 valence electrons. The van der Waals surface area contributed by atoms with E-state index in [4.69, 9.17) is 0 Å². The fraction of sp³-hybridized carbons (Fsp3) is 0. The van der Waals surface area contributed by atoms with Crippen LogP contribution in [0.5, 0.6) is 0 Å². The molecule has 0 spiro atoms. The van der Waals surface area contributed by atoms with Crippen LogP contribution in [0.3, 0.4) is 0 Å². The van der Waals surface area contributed by atoms with Crippen LogP contribution in [0.4, 0.5) is 0 Å². The number of hydrogen-bond acceptors (Lipinski definition) is 0. The third kappa shape index (κ3) is 73.8. The monoisotopic (exact) mass is 164 g/mol. The van der Waals surface area contributed by atoms with Crippen molar-refractivity contribution in [3.63, 3.8) is 0 Å². The molecule has 0 nitrogen and oxygen atoms in total. The van der Waals surface area contributed by atoms with Crippen LogP contribution in [-0.2, 0) is 34.7 Å². The molecular weight excluding hydrogens is 152 g/mol. The molecule has 0 aliphatic carbocycles. The first kappa shape index (κ1) is 229. The Bertz CT molecular complexity index is 5.51. The number of hydrogen-bond donors (Lipinski definition) is 0. The average molecular weight is 164 g/mol. The molecule has 0 aliphatic heterocycles. The van der Waals surface area contributed by atoms with Crippen LogP contribution >= 0.6 is 0 Å². The molecule has 0 amide bonds. The summed E-state index contributed by atoms with van der Waals surface area (Å²) < 4.78 is 0. The van der Waals surface area contributed by atoms with Crippen molar-refractivity contribution in [3.05, 3.63) is 29.7 Å². The minimum atomic E-state index is 0. The van der Waals surface area contributed by atoms with Gasteiger partial charge in [0.05, 0.1) is 0 Å². The second kappa shape index (κ2) is 137. The van der Waals surface area contributed by atoms with Crippen molar-refractivity contribution in [2.24, 2.45) is 0 Å². The first-order valence-corrected chi connectivity index (χ1v) is 0. The van der Waals surface area contributed by atoms with Crippen molar-refractivity contribution in [1.82, 2.24) is 0 Å². The van der Waals surface area contributed by atoms with Gasteiger partial charge in [-0.2, -0.15) is 0 Å². The van der Waals surface area contributed by atoms with Gasteiger partial charge < -0.3 is 29.7 Å². The Morgan fingerprint density at radius 3 is 0.500 bits per heavy atom. The second-order valence-corrected chi connectivity index (χ2v) is 0. The zero-order chi connectivity index (χ0) is 0. The number of rotatable bonds is 0. The van der Waals surface area contributed by atoms with E-state index in [0.29, 0.717) is 0 Å². The molecule has 0 aromatic carbocycles. The van der Waals surface area contributed by atoms with Gasteiger partial charge in [-0.15, -0.1) is 0 Å². The molecule has 0 saturated carbocycles. The van der Waals surface area contributed by atoms with E-state index in [9.17, 15) is 0 Å².